The first kappa shape index (κ1) is 25.4. The third-order valence-electron chi connectivity index (χ3n) is 7.35. The summed E-state index contributed by atoms with van der Waals surface area (Å²) >= 11 is 0. The van der Waals surface area contributed by atoms with Gasteiger partial charge in [0.05, 0.1) is 31.7 Å². The summed E-state index contributed by atoms with van der Waals surface area (Å²) < 4.78 is 51.8. The van der Waals surface area contributed by atoms with Crippen LogP contribution in [0.4, 0.5) is 8.78 Å². The Morgan fingerprint density at radius 2 is 1.74 bits per heavy atom. The van der Waals surface area contributed by atoms with Gasteiger partial charge in [0.1, 0.15) is 11.6 Å². The number of halogens is 2. The van der Waals surface area contributed by atoms with Gasteiger partial charge < -0.3 is 5.32 Å². The molecule has 4 aromatic rings. The van der Waals surface area contributed by atoms with Gasteiger partial charge in [0.25, 0.3) is 0 Å². The van der Waals surface area contributed by atoms with Crippen LogP contribution in [0, 0.1) is 25.5 Å². The van der Waals surface area contributed by atoms with Crippen LogP contribution >= 0.6 is 0 Å². The van der Waals surface area contributed by atoms with Crippen molar-refractivity contribution < 1.29 is 13.0 Å². The van der Waals surface area contributed by atoms with Gasteiger partial charge in [0.2, 0.25) is 0 Å². The smallest absolute Gasteiger partial charge is 0.310 e. The van der Waals surface area contributed by atoms with Crippen molar-refractivity contribution in [3.63, 3.8) is 0 Å². The third kappa shape index (κ3) is 3.90. The Kier molecular flexibility index (Phi) is 5.78. The zero-order valence-corrected chi connectivity index (χ0v) is 23.1. The fraction of sp³-hybridized carbons (Fsp3) is 0.286. The van der Waals surface area contributed by atoms with Gasteiger partial charge in [-0.2, -0.15) is 5.10 Å². The molecule has 202 valence electrons. The van der Waals surface area contributed by atoms with E-state index in [0.29, 0.717) is 39.6 Å². The van der Waals surface area contributed by atoms with Gasteiger partial charge in [-0.3, -0.25) is 9.13 Å². The highest BCUT2D eigenvalue weighted by Gasteiger charge is 2.30. The monoisotopic (exact) mass is 550 g/mol. The van der Waals surface area contributed by atoms with E-state index in [4.69, 9.17) is 5.10 Å². The maximum absolute atomic E-state index is 15.9. The summed E-state index contributed by atoms with van der Waals surface area (Å²) in [7, 11) is -2.79. The minimum absolute atomic E-state index is 0.0400. The van der Waals surface area contributed by atoms with Crippen molar-refractivity contribution in [1.82, 2.24) is 24.2 Å². The Morgan fingerprint density at radius 1 is 1.05 bits per heavy atom. The highest BCUT2D eigenvalue weighted by atomic mass is 32.2. The number of aryl methyl sites for hydroxylation is 2. The number of fused-ring (bicyclic) bond motifs is 2. The normalized spacial score (nSPS) is 20.3. The number of aromatic nitrogens is 4. The molecule has 4 heterocycles. The fourth-order valence-corrected chi connectivity index (χ4v) is 7.13. The van der Waals surface area contributed by atoms with Gasteiger partial charge >= 0.3 is 5.69 Å². The minimum atomic E-state index is -2.79. The van der Waals surface area contributed by atoms with Crippen LogP contribution in [0.3, 0.4) is 0 Å². The molecule has 0 fully saturated rings. The van der Waals surface area contributed by atoms with E-state index in [-0.39, 0.29) is 23.1 Å². The Balaban J connectivity index is 1.57. The molecule has 2 aromatic heterocycles. The van der Waals surface area contributed by atoms with E-state index in [1.165, 1.54) is 27.7 Å². The molecule has 2 atom stereocenters. The van der Waals surface area contributed by atoms with Crippen LogP contribution in [-0.2, 0) is 16.1 Å². The summed E-state index contributed by atoms with van der Waals surface area (Å²) in [6.07, 6.45) is 6.77. The molecule has 0 aliphatic carbocycles. The Hall–Kier alpha value is -3.83. The van der Waals surface area contributed by atoms with Gasteiger partial charge in [-0.1, -0.05) is 0 Å². The van der Waals surface area contributed by atoms with E-state index in [1.807, 2.05) is 6.92 Å². The van der Waals surface area contributed by atoms with Gasteiger partial charge in [0.15, 0.2) is 5.82 Å². The van der Waals surface area contributed by atoms with Crippen molar-refractivity contribution in [3.05, 3.63) is 92.4 Å². The summed E-state index contributed by atoms with van der Waals surface area (Å²) in [5.41, 5.74) is 3.45. The van der Waals surface area contributed by atoms with E-state index in [1.54, 1.807) is 55.9 Å². The van der Waals surface area contributed by atoms with Crippen LogP contribution in [0.2, 0.25) is 0 Å². The molecule has 0 bridgehead atoms. The van der Waals surface area contributed by atoms with E-state index in [9.17, 15) is 13.4 Å². The quantitative estimate of drug-likeness (QED) is 0.399. The second-order valence-corrected chi connectivity index (χ2v) is 12.5. The Morgan fingerprint density at radius 3 is 2.46 bits per heavy atom. The van der Waals surface area contributed by atoms with Crippen LogP contribution in [0.15, 0.2) is 56.4 Å². The predicted octanol–water partition coefficient (Wildman–Crippen LogP) is 4.75. The molecule has 0 spiro atoms. The number of hydrogen-bond acceptors (Lipinski definition) is 5. The van der Waals surface area contributed by atoms with Crippen molar-refractivity contribution in [1.29, 1.82) is 0 Å². The fourth-order valence-electron chi connectivity index (χ4n) is 5.55. The molecule has 11 heteroatoms. The number of nitrogens with one attached hydrogen (secondary N) is 1. The maximum atomic E-state index is 15.9. The van der Waals surface area contributed by atoms with Gasteiger partial charge in [-0.15, -0.1) is 0 Å². The molecular formula is C28H28F2N6O2S. The molecular weight excluding hydrogens is 522 g/mol. The van der Waals surface area contributed by atoms with Crippen molar-refractivity contribution in [3.8, 4) is 17.2 Å². The first-order valence-electron chi connectivity index (χ1n) is 12.6. The van der Waals surface area contributed by atoms with E-state index < -0.39 is 21.2 Å². The highest BCUT2D eigenvalue weighted by Crippen LogP contribution is 2.33. The molecule has 1 unspecified atom stereocenters. The molecule has 2 aliphatic heterocycles. The highest BCUT2D eigenvalue weighted by molar-refractivity contribution is 7.93. The molecule has 1 N–H and O–H groups in total. The molecule has 0 saturated carbocycles. The van der Waals surface area contributed by atoms with Gasteiger partial charge in [-0.05, 0) is 69.2 Å². The number of allylic oxidation sites excluding steroid dienone is 1. The molecule has 0 radical (unpaired) electrons. The van der Waals surface area contributed by atoms with Gasteiger partial charge in [0, 0.05) is 54.5 Å². The van der Waals surface area contributed by atoms with Crippen molar-refractivity contribution in [2.75, 3.05) is 12.8 Å². The minimum Gasteiger partial charge on any atom is -0.310 e. The van der Waals surface area contributed by atoms with Gasteiger partial charge in [-0.25, -0.2) is 26.8 Å². The van der Waals surface area contributed by atoms with Crippen LogP contribution < -0.4 is 11.0 Å². The second kappa shape index (κ2) is 8.85. The lowest BCUT2D eigenvalue weighted by Gasteiger charge is -2.21. The number of nitrogens with zero attached hydrogens (tertiary/aromatic N) is 5. The molecule has 0 amide bonds. The molecule has 2 aliphatic rings. The third-order valence-corrected chi connectivity index (χ3v) is 9.16. The average molecular weight is 551 g/mol. The first-order chi connectivity index (χ1) is 18.5. The van der Waals surface area contributed by atoms with Crippen LogP contribution in [-0.4, -0.2) is 35.9 Å². The number of benzene rings is 2. The molecule has 39 heavy (non-hydrogen) atoms. The van der Waals surface area contributed by atoms with Crippen LogP contribution in [0.5, 0.6) is 0 Å². The Bertz CT molecular complexity index is 1880. The molecule has 2 aromatic carbocycles. The number of rotatable bonds is 3. The predicted molar refractivity (Wildman–Crippen MR) is 146 cm³/mol. The van der Waals surface area contributed by atoms with Crippen molar-refractivity contribution >= 4 is 15.8 Å². The molecule has 6 rings (SSSR count). The van der Waals surface area contributed by atoms with Crippen molar-refractivity contribution in [2.24, 2.45) is 4.36 Å². The summed E-state index contributed by atoms with van der Waals surface area (Å²) in [5, 5.41) is 8.26. The SMILES string of the molecule is CC1=Cc2c(ccc(-n3ccn(-c4c5c(nn4-c4cc(C)c(F)c(C)c4)CCN[C@H]5C)c3=O)c2F)S(C)(=O)=N1. The summed E-state index contributed by atoms with van der Waals surface area (Å²) in [5.74, 6) is -0.415. The lowest BCUT2D eigenvalue weighted by Crippen LogP contribution is -2.30. The standard InChI is InChI=1S/C28H28F2N6O2S/c1-15-12-19(13-16(2)25(15)29)36-27(24-18(4)31-9-8-21(24)32-36)35-11-10-34(28(35)37)22-6-7-23-20(26(22)30)14-17(3)33-39(23,5)38/h6-7,10-14,18,31H,8-9H2,1-5H3/t18-,39?/m0/s1. The van der Waals surface area contributed by atoms with E-state index in [0.717, 1.165) is 17.8 Å². The summed E-state index contributed by atoms with van der Waals surface area (Å²) in [6, 6.07) is 6.33. The zero-order chi connectivity index (χ0) is 27.8. The molecule has 0 saturated heterocycles. The van der Waals surface area contributed by atoms with E-state index in [2.05, 4.69) is 9.68 Å². The maximum Gasteiger partial charge on any atom is 0.338 e. The Labute approximate surface area is 224 Å². The first-order valence-corrected chi connectivity index (χ1v) is 14.6. The van der Waals surface area contributed by atoms with Crippen LogP contribution in [0.1, 0.15) is 47.8 Å². The summed E-state index contributed by atoms with van der Waals surface area (Å²) in [4.78, 5) is 14.2. The average Bonchev–Trinajstić information content (AvgIpc) is 3.43. The molecule has 8 nitrogen and oxygen atoms in total. The lowest BCUT2D eigenvalue weighted by molar-refractivity contribution is 0.536. The van der Waals surface area contributed by atoms with Crippen molar-refractivity contribution in [2.45, 2.75) is 45.1 Å². The van der Waals surface area contributed by atoms with Crippen LogP contribution in [0.25, 0.3) is 23.3 Å². The lowest BCUT2D eigenvalue weighted by atomic mass is 10.0. The second-order valence-electron chi connectivity index (χ2n) is 10.2. The number of hydrogen-bond donors (Lipinski definition) is 1. The number of imidazole rings is 1. The topological polar surface area (TPSA) is 86.2 Å². The van der Waals surface area contributed by atoms with E-state index >= 15 is 4.39 Å². The summed E-state index contributed by atoms with van der Waals surface area (Å²) in [6.45, 7) is 7.79. The largest absolute Gasteiger partial charge is 0.338 e. The zero-order valence-electron chi connectivity index (χ0n) is 22.2.